The van der Waals surface area contributed by atoms with Crippen molar-refractivity contribution < 1.29 is 14.3 Å². The number of amides is 2. The molecule has 1 heterocycles. The largest absolute Gasteiger partial charge is 0.495 e. The first kappa shape index (κ1) is 18.0. The molecule has 0 aromatic heterocycles. The second kappa shape index (κ2) is 7.63. The molecule has 1 fully saturated rings. The van der Waals surface area contributed by atoms with Gasteiger partial charge in [-0.3, -0.25) is 19.5 Å². The minimum absolute atomic E-state index is 0.0448. The summed E-state index contributed by atoms with van der Waals surface area (Å²) >= 11 is 11.2. The molecule has 132 valence electrons. The summed E-state index contributed by atoms with van der Waals surface area (Å²) in [5.74, 6) is -1.57. The molecular weight excluding hydrogens is 374 g/mol. The standard InChI is InChI=1S/C18H14ClN3O3S/c1-25-15-8-7-11(9-14(15)19)20-10-13-16(23)21-18(26)22(17(13)24)12-5-3-2-4-6-12/h2-10,13H,1H3,(H,21,23,26)/t13-/m1/s1. The van der Waals surface area contributed by atoms with E-state index in [0.29, 0.717) is 22.1 Å². The molecule has 2 aromatic carbocycles. The van der Waals surface area contributed by atoms with E-state index in [9.17, 15) is 9.59 Å². The van der Waals surface area contributed by atoms with E-state index in [1.165, 1.54) is 18.2 Å². The van der Waals surface area contributed by atoms with Crippen LogP contribution in [0.5, 0.6) is 5.75 Å². The Bertz CT molecular complexity index is 902. The van der Waals surface area contributed by atoms with Crippen molar-refractivity contribution in [1.82, 2.24) is 5.32 Å². The van der Waals surface area contributed by atoms with E-state index in [1.807, 2.05) is 6.07 Å². The van der Waals surface area contributed by atoms with Gasteiger partial charge in [-0.15, -0.1) is 0 Å². The van der Waals surface area contributed by atoms with Crippen LogP contribution in [0.15, 0.2) is 53.5 Å². The molecule has 8 heteroatoms. The van der Waals surface area contributed by atoms with Crippen molar-refractivity contribution in [2.75, 3.05) is 12.0 Å². The fourth-order valence-electron chi connectivity index (χ4n) is 2.44. The van der Waals surface area contributed by atoms with Gasteiger partial charge in [0.15, 0.2) is 11.0 Å². The highest BCUT2D eigenvalue weighted by Gasteiger charge is 2.38. The number of thiocarbonyl (C=S) groups is 1. The molecule has 0 spiro atoms. The summed E-state index contributed by atoms with van der Waals surface area (Å²) in [6.07, 6.45) is 1.29. The number of nitrogens with one attached hydrogen (secondary N) is 1. The quantitative estimate of drug-likeness (QED) is 0.497. The number of carbonyl (C=O) groups is 2. The lowest BCUT2D eigenvalue weighted by molar-refractivity contribution is -0.130. The van der Waals surface area contributed by atoms with Gasteiger partial charge in [-0.25, -0.2) is 0 Å². The van der Waals surface area contributed by atoms with E-state index in [2.05, 4.69) is 10.3 Å². The number of benzene rings is 2. The highest BCUT2D eigenvalue weighted by molar-refractivity contribution is 7.80. The molecule has 0 radical (unpaired) electrons. The predicted octanol–water partition coefficient (Wildman–Crippen LogP) is 3.12. The first-order valence-electron chi connectivity index (χ1n) is 7.63. The molecular formula is C18H14ClN3O3S. The number of para-hydroxylation sites is 1. The summed E-state index contributed by atoms with van der Waals surface area (Å²) in [6.45, 7) is 0. The molecule has 1 aliphatic rings. The van der Waals surface area contributed by atoms with Gasteiger partial charge in [0.2, 0.25) is 5.91 Å². The Labute approximate surface area is 160 Å². The predicted molar refractivity (Wildman–Crippen MR) is 104 cm³/mol. The Morgan fingerprint density at radius 3 is 2.62 bits per heavy atom. The maximum absolute atomic E-state index is 12.8. The molecule has 0 bridgehead atoms. The van der Waals surface area contributed by atoms with Gasteiger partial charge in [0, 0.05) is 6.21 Å². The molecule has 2 aromatic rings. The Hall–Kier alpha value is -2.77. The highest BCUT2D eigenvalue weighted by atomic mass is 35.5. The second-order valence-corrected chi connectivity index (χ2v) is 6.17. The lowest BCUT2D eigenvalue weighted by Gasteiger charge is -2.30. The van der Waals surface area contributed by atoms with Crippen molar-refractivity contribution in [3.05, 3.63) is 53.6 Å². The van der Waals surface area contributed by atoms with Crippen LogP contribution < -0.4 is 15.0 Å². The van der Waals surface area contributed by atoms with Gasteiger partial charge in [0.05, 0.1) is 23.5 Å². The smallest absolute Gasteiger partial charge is 0.251 e. The van der Waals surface area contributed by atoms with Crippen molar-refractivity contribution >= 4 is 58.3 Å². The number of aliphatic imine (C=N–C) groups is 1. The van der Waals surface area contributed by atoms with E-state index < -0.39 is 17.7 Å². The molecule has 6 nitrogen and oxygen atoms in total. The van der Waals surface area contributed by atoms with E-state index in [0.717, 1.165) is 0 Å². The lowest BCUT2D eigenvalue weighted by Crippen LogP contribution is -2.58. The molecule has 1 N–H and O–H groups in total. The third-order valence-corrected chi connectivity index (χ3v) is 4.30. The summed E-state index contributed by atoms with van der Waals surface area (Å²) in [5, 5.41) is 2.96. The lowest BCUT2D eigenvalue weighted by atomic mass is 10.1. The number of carbonyl (C=O) groups excluding carboxylic acids is 2. The van der Waals surface area contributed by atoms with Crippen molar-refractivity contribution in [3.8, 4) is 5.75 Å². The highest BCUT2D eigenvalue weighted by Crippen LogP contribution is 2.28. The Morgan fingerprint density at radius 2 is 1.96 bits per heavy atom. The Morgan fingerprint density at radius 1 is 1.23 bits per heavy atom. The van der Waals surface area contributed by atoms with E-state index >= 15 is 0 Å². The van der Waals surface area contributed by atoms with E-state index in [-0.39, 0.29) is 5.11 Å². The van der Waals surface area contributed by atoms with Gasteiger partial charge in [0.25, 0.3) is 5.91 Å². The molecule has 0 aliphatic carbocycles. The van der Waals surface area contributed by atoms with Crippen LogP contribution in [0.25, 0.3) is 0 Å². The first-order chi connectivity index (χ1) is 12.5. The summed E-state index contributed by atoms with van der Waals surface area (Å²) in [6, 6.07) is 13.8. The maximum Gasteiger partial charge on any atom is 0.251 e. The minimum atomic E-state index is -1.09. The zero-order valence-corrected chi connectivity index (χ0v) is 15.3. The number of nitrogens with zero attached hydrogens (tertiary/aromatic N) is 2. The maximum atomic E-state index is 12.8. The van der Waals surface area contributed by atoms with Crippen molar-refractivity contribution in [2.24, 2.45) is 10.9 Å². The van der Waals surface area contributed by atoms with Gasteiger partial charge < -0.3 is 10.1 Å². The molecule has 26 heavy (non-hydrogen) atoms. The molecule has 3 rings (SSSR count). The third-order valence-electron chi connectivity index (χ3n) is 3.72. The second-order valence-electron chi connectivity index (χ2n) is 5.38. The molecule has 1 aliphatic heterocycles. The van der Waals surface area contributed by atoms with Crippen LogP contribution in [0.2, 0.25) is 5.02 Å². The first-order valence-corrected chi connectivity index (χ1v) is 8.41. The summed E-state index contributed by atoms with van der Waals surface area (Å²) in [5.41, 5.74) is 1.07. The van der Waals surface area contributed by atoms with Crippen LogP contribution >= 0.6 is 23.8 Å². The number of methoxy groups -OCH3 is 1. The number of rotatable bonds is 4. The Kier molecular flexibility index (Phi) is 5.29. The monoisotopic (exact) mass is 387 g/mol. The third kappa shape index (κ3) is 3.58. The summed E-state index contributed by atoms with van der Waals surface area (Å²) < 4.78 is 5.08. The van der Waals surface area contributed by atoms with Crippen molar-refractivity contribution in [1.29, 1.82) is 0 Å². The number of hydrogen-bond donors (Lipinski definition) is 1. The Balaban J connectivity index is 1.86. The van der Waals surface area contributed by atoms with Crippen LogP contribution in [0.4, 0.5) is 11.4 Å². The van der Waals surface area contributed by atoms with Crippen LogP contribution in [-0.4, -0.2) is 30.3 Å². The van der Waals surface area contributed by atoms with Gasteiger partial charge in [-0.05, 0) is 42.5 Å². The molecule has 0 saturated carbocycles. The van der Waals surface area contributed by atoms with E-state index in [1.54, 1.807) is 42.5 Å². The number of halogens is 1. The summed E-state index contributed by atoms with van der Waals surface area (Å²) in [4.78, 5) is 30.5. The molecule has 1 saturated heterocycles. The van der Waals surface area contributed by atoms with Crippen LogP contribution in [-0.2, 0) is 9.59 Å². The van der Waals surface area contributed by atoms with Gasteiger partial charge in [-0.2, -0.15) is 0 Å². The zero-order chi connectivity index (χ0) is 18.7. The van der Waals surface area contributed by atoms with Crippen molar-refractivity contribution in [3.63, 3.8) is 0 Å². The van der Waals surface area contributed by atoms with Crippen LogP contribution in [0.1, 0.15) is 0 Å². The van der Waals surface area contributed by atoms with Gasteiger partial charge >= 0.3 is 0 Å². The topological polar surface area (TPSA) is 71.0 Å². The average molecular weight is 388 g/mol. The van der Waals surface area contributed by atoms with Gasteiger partial charge in [-0.1, -0.05) is 29.8 Å². The van der Waals surface area contributed by atoms with Crippen molar-refractivity contribution in [2.45, 2.75) is 0 Å². The molecule has 2 amide bonds. The molecule has 0 unspecified atom stereocenters. The zero-order valence-electron chi connectivity index (χ0n) is 13.7. The van der Waals surface area contributed by atoms with Gasteiger partial charge in [0.1, 0.15) is 5.75 Å². The van der Waals surface area contributed by atoms with E-state index in [4.69, 9.17) is 28.6 Å². The van der Waals surface area contributed by atoms with Crippen LogP contribution in [0.3, 0.4) is 0 Å². The number of ether oxygens (including phenoxy) is 1. The average Bonchev–Trinajstić information content (AvgIpc) is 2.62. The fourth-order valence-corrected chi connectivity index (χ4v) is 2.99. The number of anilines is 1. The molecule has 1 atom stereocenters. The minimum Gasteiger partial charge on any atom is -0.495 e. The summed E-state index contributed by atoms with van der Waals surface area (Å²) in [7, 11) is 1.51. The SMILES string of the molecule is COc1ccc(N=C[C@@H]2C(=O)NC(=S)N(c3ccccc3)C2=O)cc1Cl. The fraction of sp³-hybridized carbons (Fsp3) is 0.111. The number of hydrogen-bond acceptors (Lipinski definition) is 5. The normalized spacial score (nSPS) is 17.5. The van der Waals surface area contributed by atoms with Crippen LogP contribution in [0, 0.1) is 5.92 Å².